The molecule has 2 heterocycles. The maximum absolute atomic E-state index is 12.7. The van der Waals surface area contributed by atoms with E-state index in [2.05, 4.69) is 5.32 Å². The number of thiophene rings is 1. The Balaban J connectivity index is 1.09. The van der Waals surface area contributed by atoms with Crippen LogP contribution in [0.2, 0.25) is 0 Å². The lowest BCUT2D eigenvalue weighted by Gasteiger charge is -2.33. The molecule has 1 saturated heterocycles. The molecule has 1 aliphatic rings. The summed E-state index contributed by atoms with van der Waals surface area (Å²) in [7, 11) is 3.85. The van der Waals surface area contributed by atoms with Crippen LogP contribution in [0.3, 0.4) is 0 Å². The van der Waals surface area contributed by atoms with Gasteiger partial charge in [0.05, 0.1) is 71.1 Å². The zero-order chi connectivity index (χ0) is 36.7. The Hall–Kier alpha value is -3.70. The maximum atomic E-state index is 12.7. The Bertz CT molecular complexity index is 1390. The quantitative estimate of drug-likeness (QED) is 0.107. The molecule has 4 amide bonds. The third kappa shape index (κ3) is 16.9. The summed E-state index contributed by atoms with van der Waals surface area (Å²) in [6, 6.07) is 11.1. The third-order valence-corrected chi connectivity index (χ3v) is 8.80. The minimum Gasteiger partial charge on any atom is -0.379 e. The van der Waals surface area contributed by atoms with E-state index >= 15 is 0 Å². The van der Waals surface area contributed by atoms with Gasteiger partial charge in [-0.05, 0) is 50.7 Å². The summed E-state index contributed by atoms with van der Waals surface area (Å²) < 4.78 is 27.5. The van der Waals surface area contributed by atoms with Gasteiger partial charge in [-0.25, -0.2) is 0 Å². The second-order valence-electron chi connectivity index (χ2n) is 11.9. The molecule has 0 radical (unpaired) electrons. The number of carbonyl (C=O) groups excluding carboxylic acids is 4. The van der Waals surface area contributed by atoms with E-state index in [-0.39, 0.29) is 30.7 Å². The summed E-state index contributed by atoms with van der Waals surface area (Å²) in [5.41, 5.74) is 6.79. The highest BCUT2D eigenvalue weighted by Crippen LogP contribution is 2.27. The minimum atomic E-state index is -0.438. The fourth-order valence-electron chi connectivity index (χ4n) is 4.93. The number of nitrogens with zero attached hydrogens (tertiary/aromatic N) is 3. The number of ether oxygens (including phenoxy) is 5. The molecule has 0 unspecified atom stereocenters. The molecule has 0 aliphatic carbocycles. The summed E-state index contributed by atoms with van der Waals surface area (Å²) in [5, 5.41) is 3.76. The molecule has 0 spiro atoms. The van der Waals surface area contributed by atoms with E-state index in [0.29, 0.717) is 111 Å². The Morgan fingerprint density at radius 2 is 1.47 bits per heavy atom. The molecule has 14 nitrogen and oxygen atoms in total. The lowest BCUT2D eigenvalue weighted by molar-refractivity contribution is -0.133. The van der Waals surface area contributed by atoms with Crippen molar-refractivity contribution in [2.75, 3.05) is 118 Å². The average molecular weight is 732 g/mol. The lowest BCUT2D eigenvalue weighted by atomic mass is 10.0. The molecule has 0 saturated carbocycles. The highest BCUT2D eigenvalue weighted by Gasteiger charge is 2.28. The normalized spacial score (nSPS) is 13.4. The van der Waals surface area contributed by atoms with E-state index in [9.17, 15) is 19.2 Å². The molecule has 3 rings (SSSR count). The van der Waals surface area contributed by atoms with Gasteiger partial charge in [-0.1, -0.05) is 24.3 Å². The van der Waals surface area contributed by atoms with Gasteiger partial charge in [-0.15, -0.1) is 11.3 Å². The summed E-state index contributed by atoms with van der Waals surface area (Å²) in [6.45, 7) is 6.40. The number of piperazine rings is 1. The summed E-state index contributed by atoms with van der Waals surface area (Å²) in [6.07, 6.45) is 4.85. The van der Waals surface area contributed by atoms with E-state index in [1.807, 2.05) is 43.3 Å². The molecular weight excluding hydrogens is 678 g/mol. The number of hydrogen-bond acceptors (Lipinski definition) is 11. The van der Waals surface area contributed by atoms with Gasteiger partial charge in [-0.3, -0.25) is 19.2 Å². The number of carbonyl (C=O) groups is 4. The van der Waals surface area contributed by atoms with Crippen LogP contribution in [-0.2, 0) is 50.9 Å². The molecule has 1 aliphatic heterocycles. The van der Waals surface area contributed by atoms with Crippen molar-refractivity contribution < 1.29 is 42.9 Å². The Labute approximate surface area is 304 Å². The van der Waals surface area contributed by atoms with Crippen molar-refractivity contribution in [2.24, 2.45) is 5.73 Å². The number of primary amides is 1. The minimum absolute atomic E-state index is 0.0619. The van der Waals surface area contributed by atoms with Crippen molar-refractivity contribution in [3.8, 4) is 0 Å². The number of nitrogens with one attached hydrogen (secondary N) is 1. The van der Waals surface area contributed by atoms with Crippen molar-refractivity contribution in [1.29, 1.82) is 0 Å². The number of anilines is 1. The Morgan fingerprint density at radius 3 is 2.10 bits per heavy atom. The first-order chi connectivity index (χ1) is 24.7. The number of nitrogens with two attached hydrogens (primary N) is 1. The van der Waals surface area contributed by atoms with Crippen LogP contribution in [0, 0.1) is 0 Å². The number of amides is 4. The Morgan fingerprint density at radius 1 is 0.843 bits per heavy atom. The van der Waals surface area contributed by atoms with Gasteiger partial charge in [0, 0.05) is 49.1 Å². The van der Waals surface area contributed by atoms with Crippen molar-refractivity contribution in [2.45, 2.75) is 19.3 Å². The Kier molecular flexibility index (Phi) is 20.0. The third-order valence-electron chi connectivity index (χ3n) is 7.63. The van der Waals surface area contributed by atoms with E-state index < -0.39 is 5.91 Å². The number of likely N-dealkylation sites (N-methyl/N-ethyl adjacent to an activating group) is 1. The van der Waals surface area contributed by atoms with E-state index in [1.54, 1.807) is 28.0 Å². The molecule has 0 bridgehead atoms. The second-order valence-corrected chi connectivity index (χ2v) is 13.0. The predicted molar refractivity (Wildman–Crippen MR) is 195 cm³/mol. The molecule has 15 heteroatoms. The maximum Gasteiger partial charge on any atom is 0.248 e. The predicted octanol–water partition coefficient (Wildman–Crippen LogP) is 1.51. The monoisotopic (exact) mass is 731 g/mol. The fraction of sp³-hybridized carbons (Fsp3) is 0.556. The molecular formula is C36H53N5O9S. The number of hydrogen-bond donors (Lipinski definition) is 2. The van der Waals surface area contributed by atoms with Gasteiger partial charge in [0.2, 0.25) is 23.6 Å². The second kappa shape index (κ2) is 24.5. The highest BCUT2D eigenvalue weighted by atomic mass is 32.1. The van der Waals surface area contributed by atoms with Gasteiger partial charge in [0.25, 0.3) is 0 Å². The summed E-state index contributed by atoms with van der Waals surface area (Å²) >= 11 is 1.52. The lowest BCUT2D eigenvalue weighted by Crippen LogP contribution is -2.51. The molecule has 0 atom stereocenters. The van der Waals surface area contributed by atoms with Crippen LogP contribution in [0.1, 0.15) is 27.2 Å². The standard InChI is InChI=1S/C36H53N5O9S/c1-39(2)15-5-8-33(43)40-16-17-41(34(44)28-40)35-10-9-30(51-35)11-14-38-32(42)13-19-47-21-23-49-25-27-50-26-24-48-22-20-46-18-12-29-6-3-4-7-31(29)36(37)45/h3-10H,11-28H2,1-2H3,(H2,37,45)(H,38,42). The van der Waals surface area contributed by atoms with Gasteiger partial charge >= 0.3 is 0 Å². The molecule has 1 aromatic carbocycles. The fourth-order valence-corrected chi connectivity index (χ4v) is 5.98. The first kappa shape index (κ1) is 41.7. The SMILES string of the molecule is CN(C)CC=CC(=O)N1CCN(c2ccc(CCNC(=O)CCOCCOCCOCCOCCOCCc3ccccc3C(N)=O)s2)C(=O)C1. The van der Waals surface area contributed by atoms with Crippen LogP contribution in [0.25, 0.3) is 0 Å². The highest BCUT2D eigenvalue weighted by molar-refractivity contribution is 7.16. The van der Waals surface area contributed by atoms with Crippen LogP contribution in [0.5, 0.6) is 0 Å². The molecule has 1 aromatic heterocycles. The van der Waals surface area contributed by atoms with Crippen molar-refractivity contribution in [3.63, 3.8) is 0 Å². The van der Waals surface area contributed by atoms with E-state index in [1.165, 1.54) is 17.4 Å². The average Bonchev–Trinajstić information content (AvgIpc) is 3.58. The molecule has 1 fully saturated rings. The molecule has 51 heavy (non-hydrogen) atoms. The first-order valence-electron chi connectivity index (χ1n) is 17.3. The number of benzene rings is 1. The van der Waals surface area contributed by atoms with Crippen molar-refractivity contribution >= 4 is 40.0 Å². The van der Waals surface area contributed by atoms with Crippen LogP contribution in [-0.4, -0.2) is 146 Å². The van der Waals surface area contributed by atoms with Gasteiger partial charge in [0.1, 0.15) is 6.54 Å². The van der Waals surface area contributed by atoms with Gasteiger partial charge in [0.15, 0.2) is 0 Å². The van der Waals surface area contributed by atoms with Crippen LogP contribution in [0.15, 0.2) is 48.6 Å². The smallest absolute Gasteiger partial charge is 0.248 e. The van der Waals surface area contributed by atoms with Gasteiger partial charge in [-0.2, -0.15) is 0 Å². The largest absolute Gasteiger partial charge is 0.379 e. The van der Waals surface area contributed by atoms with E-state index in [0.717, 1.165) is 15.4 Å². The van der Waals surface area contributed by atoms with Crippen LogP contribution >= 0.6 is 11.3 Å². The molecule has 3 N–H and O–H groups in total. The van der Waals surface area contributed by atoms with Crippen LogP contribution in [0.4, 0.5) is 5.00 Å². The zero-order valence-corrected chi connectivity index (χ0v) is 30.7. The first-order valence-corrected chi connectivity index (χ1v) is 18.1. The van der Waals surface area contributed by atoms with E-state index in [4.69, 9.17) is 29.4 Å². The van der Waals surface area contributed by atoms with Crippen molar-refractivity contribution in [3.05, 3.63) is 64.6 Å². The zero-order valence-electron chi connectivity index (χ0n) is 29.8. The molecule has 2 aromatic rings. The van der Waals surface area contributed by atoms with Gasteiger partial charge < -0.3 is 49.4 Å². The van der Waals surface area contributed by atoms with Crippen molar-refractivity contribution in [1.82, 2.24) is 15.1 Å². The van der Waals surface area contributed by atoms with Crippen LogP contribution < -0.4 is 16.0 Å². The topological polar surface area (TPSA) is 162 Å². The molecule has 282 valence electrons. The summed E-state index contributed by atoms with van der Waals surface area (Å²) in [4.78, 5) is 55.1. The summed E-state index contributed by atoms with van der Waals surface area (Å²) in [5.74, 6) is -0.773. The number of rotatable bonds is 26.